The summed E-state index contributed by atoms with van der Waals surface area (Å²) in [7, 11) is 0. The predicted octanol–water partition coefficient (Wildman–Crippen LogP) is -2.21. The van der Waals surface area contributed by atoms with Crippen LogP contribution in [0.3, 0.4) is 0 Å². The van der Waals surface area contributed by atoms with Gasteiger partial charge in [-0.15, -0.1) is 0 Å². The standard InChI is InChI=1S/C12H8N2.2NO3.Ni.5H2O/c1-3-9-5-6-10-4-2-8-14-12(10)11(9)13-7-1;2*2-1(3)4;;;;;;/h1-8H;;;;5*1H2/q;2*-1;+2;;;;;/p+4. The molecule has 0 saturated heterocycles. The number of fused-ring (bicyclic) bond motifs is 3. The molecule has 0 aliphatic carbocycles. The molecular weight excluding hydrogens is 435 g/mol. The summed E-state index contributed by atoms with van der Waals surface area (Å²) in [5.74, 6) is 0. The Bertz CT molecular complexity index is 734. The summed E-state index contributed by atoms with van der Waals surface area (Å²) in [6.07, 6.45) is 3.60. The van der Waals surface area contributed by atoms with E-state index in [1.54, 1.807) is 12.4 Å². The molecule has 14 N–H and O–H groups in total. The van der Waals surface area contributed by atoms with Crippen molar-refractivity contribution in [1.82, 2.24) is 9.97 Å². The summed E-state index contributed by atoms with van der Waals surface area (Å²) in [5, 5.41) is 31.8. The quantitative estimate of drug-likeness (QED) is 0.117. The van der Waals surface area contributed by atoms with Gasteiger partial charge in [-0.25, -0.2) is 0 Å². The van der Waals surface area contributed by atoms with E-state index in [9.17, 15) is 0 Å². The van der Waals surface area contributed by atoms with Gasteiger partial charge in [0.25, 0.3) is 0 Å². The van der Waals surface area contributed by atoms with E-state index in [1.165, 1.54) is 0 Å². The largest absolute Gasteiger partial charge is 2.00 e. The Morgan fingerprint density at radius 3 is 1.14 bits per heavy atom. The number of nitrogens with zero attached hydrogens (tertiary/aromatic N) is 4. The average molecular weight is 457 g/mol. The second-order valence-corrected chi connectivity index (χ2v) is 3.66. The van der Waals surface area contributed by atoms with Crippen molar-refractivity contribution in [2.75, 3.05) is 0 Å². The van der Waals surface area contributed by atoms with E-state index < -0.39 is 10.2 Å². The van der Waals surface area contributed by atoms with Crippen LogP contribution in [0.2, 0.25) is 0 Å². The first-order valence-corrected chi connectivity index (χ1v) is 5.63. The summed E-state index contributed by atoms with van der Waals surface area (Å²) in [4.78, 5) is 25.2. The zero-order valence-corrected chi connectivity index (χ0v) is 15.0. The zero-order chi connectivity index (χ0) is 16.5. The van der Waals surface area contributed by atoms with Crippen molar-refractivity contribution in [1.29, 1.82) is 0 Å². The fraction of sp³-hybridized carbons (Fsp3) is 0. The van der Waals surface area contributed by atoms with E-state index in [-0.39, 0.29) is 43.9 Å². The third-order valence-electron chi connectivity index (χ3n) is 2.34. The third kappa shape index (κ3) is 14.0. The van der Waals surface area contributed by atoms with Gasteiger partial charge in [0, 0.05) is 23.2 Å². The summed E-state index contributed by atoms with van der Waals surface area (Å²) in [5.41, 5.74) is 1.95. The molecule has 0 bridgehead atoms. The van der Waals surface area contributed by atoms with E-state index in [2.05, 4.69) is 34.2 Å². The zero-order valence-electron chi connectivity index (χ0n) is 14.0. The molecule has 0 aliphatic heterocycles. The van der Waals surface area contributed by atoms with Gasteiger partial charge in [0.15, 0.2) is 0 Å². The smallest absolute Gasteiger partial charge is 0.457 e. The summed E-state index contributed by atoms with van der Waals surface area (Å²) in [6.45, 7) is 0. The molecular formula is C12H22N4NiO11+4. The molecule has 0 atom stereocenters. The molecule has 0 fully saturated rings. The first-order valence-electron chi connectivity index (χ1n) is 5.63. The van der Waals surface area contributed by atoms with E-state index in [0.29, 0.717) is 0 Å². The minimum atomic E-state index is -1.75. The molecule has 0 unspecified atom stereocenters. The molecule has 28 heavy (non-hydrogen) atoms. The molecule has 0 aliphatic rings. The van der Waals surface area contributed by atoms with Crippen LogP contribution in [-0.4, -0.2) is 25.6 Å². The van der Waals surface area contributed by atoms with Crippen LogP contribution in [0.1, 0.15) is 0 Å². The minimum absolute atomic E-state index is 0. The monoisotopic (exact) mass is 456 g/mol. The van der Waals surface area contributed by atoms with Gasteiger partial charge in [-0.3, -0.25) is 9.97 Å². The van der Waals surface area contributed by atoms with Gasteiger partial charge >= 0.3 is 16.5 Å². The molecule has 0 amide bonds. The van der Waals surface area contributed by atoms with Crippen molar-refractivity contribution in [3.8, 4) is 0 Å². The van der Waals surface area contributed by atoms with Crippen molar-refractivity contribution in [3.63, 3.8) is 0 Å². The summed E-state index contributed by atoms with van der Waals surface area (Å²) < 4.78 is 0. The topological polar surface area (TPSA) is 322 Å². The fourth-order valence-electron chi connectivity index (χ4n) is 1.68. The summed E-state index contributed by atoms with van der Waals surface area (Å²) >= 11 is 0. The molecule has 3 aromatic rings. The van der Waals surface area contributed by atoms with Crippen LogP contribution in [-0.2, 0) is 38.4 Å². The van der Waals surface area contributed by atoms with Crippen molar-refractivity contribution < 1.29 is 54.0 Å². The predicted molar refractivity (Wildman–Crippen MR) is 101 cm³/mol. The molecule has 0 radical (unpaired) electrons. The number of hydrogen-bond acceptors (Lipinski definition) is 8. The van der Waals surface area contributed by atoms with Crippen LogP contribution in [0, 0.1) is 30.6 Å². The molecule has 0 saturated carbocycles. The number of hydrogen-bond donors (Lipinski definition) is 0. The van der Waals surface area contributed by atoms with Gasteiger partial charge in [-0.05, 0) is 12.1 Å². The Morgan fingerprint density at radius 2 is 0.893 bits per heavy atom. The molecule has 0 spiro atoms. The van der Waals surface area contributed by atoms with Crippen LogP contribution in [0.5, 0.6) is 0 Å². The average Bonchev–Trinajstić information content (AvgIpc) is 2.46. The number of rotatable bonds is 0. The van der Waals surface area contributed by atoms with Gasteiger partial charge in [0.05, 0.1) is 21.2 Å². The maximum absolute atomic E-state index is 8.25. The van der Waals surface area contributed by atoms with Gasteiger partial charge in [-0.2, -0.15) is 0 Å². The van der Waals surface area contributed by atoms with Gasteiger partial charge in [-0.1, -0.05) is 24.3 Å². The SMILES string of the molecule is O.O=[N+]([O-])[O-].O=[N+]([O-])[O-].[Ni+2].[OH3+].[OH3+].[OH3+].[OH3+].c1cnc2c(c1)ccc1cccnc12. The van der Waals surface area contributed by atoms with Crippen LogP contribution in [0.25, 0.3) is 21.8 Å². The van der Waals surface area contributed by atoms with Crippen molar-refractivity contribution in [2.24, 2.45) is 0 Å². The Balaban J connectivity index is -0.0000000766. The van der Waals surface area contributed by atoms with E-state index in [0.717, 1.165) is 21.8 Å². The molecule has 2 heterocycles. The second kappa shape index (κ2) is 20.1. The van der Waals surface area contributed by atoms with Crippen LogP contribution in [0.4, 0.5) is 0 Å². The number of benzene rings is 1. The maximum atomic E-state index is 8.25. The molecule has 1 aromatic carbocycles. The number of aromatic nitrogens is 2. The van der Waals surface area contributed by atoms with Crippen LogP contribution < -0.4 is 0 Å². The van der Waals surface area contributed by atoms with Crippen LogP contribution in [0.15, 0.2) is 48.8 Å². The van der Waals surface area contributed by atoms with Crippen molar-refractivity contribution in [2.45, 2.75) is 0 Å². The fourth-order valence-corrected chi connectivity index (χ4v) is 1.68. The molecule has 162 valence electrons. The number of pyridine rings is 2. The molecule has 16 heteroatoms. The summed E-state index contributed by atoms with van der Waals surface area (Å²) in [6, 6.07) is 12.1. The Labute approximate surface area is 165 Å². The van der Waals surface area contributed by atoms with E-state index >= 15 is 0 Å². The Kier molecular flexibility index (Phi) is 28.4. The van der Waals surface area contributed by atoms with E-state index in [1.807, 2.05) is 12.1 Å². The Morgan fingerprint density at radius 1 is 0.643 bits per heavy atom. The van der Waals surface area contributed by atoms with Gasteiger partial charge < -0.3 is 58.0 Å². The van der Waals surface area contributed by atoms with Crippen molar-refractivity contribution in [3.05, 3.63) is 79.4 Å². The minimum Gasteiger partial charge on any atom is -0.457 e. The molecule has 15 nitrogen and oxygen atoms in total. The maximum Gasteiger partial charge on any atom is 2.00 e. The molecule has 2 aromatic heterocycles. The Hall–Kier alpha value is -3.27. The van der Waals surface area contributed by atoms with E-state index in [4.69, 9.17) is 30.6 Å². The van der Waals surface area contributed by atoms with Gasteiger partial charge in [0.1, 0.15) is 0 Å². The molecule has 3 rings (SSSR count). The van der Waals surface area contributed by atoms with Gasteiger partial charge in [0.2, 0.25) is 0 Å². The normalized spacial score (nSPS) is 7.14. The first-order chi connectivity index (χ1) is 10.4. The van der Waals surface area contributed by atoms with Crippen molar-refractivity contribution >= 4 is 21.8 Å². The first kappa shape index (κ1) is 39.7. The third-order valence-corrected chi connectivity index (χ3v) is 2.34. The second-order valence-electron chi connectivity index (χ2n) is 3.66. The van der Waals surface area contributed by atoms with Crippen LogP contribution >= 0.6 is 0 Å².